The molecular formula is C11H20N2O3. The van der Waals surface area contributed by atoms with Crippen LogP contribution in [0.2, 0.25) is 0 Å². The Morgan fingerprint density at radius 2 is 2.19 bits per heavy atom. The van der Waals surface area contributed by atoms with Crippen LogP contribution in [0.1, 0.15) is 20.8 Å². The van der Waals surface area contributed by atoms with E-state index in [4.69, 9.17) is 9.47 Å². The topological polar surface area (TPSA) is 50.8 Å². The maximum atomic E-state index is 11.8. The molecule has 2 atom stereocenters. The second-order valence-electron chi connectivity index (χ2n) is 5.36. The molecule has 1 N–H and O–H groups in total. The van der Waals surface area contributed by atoms with Gasteiger partial charge in [0.05, 0.1) is 25.3 Å². The molecule has 2 saturated heterocycles. The van der Waals surface area contributed by atoms with Crippen LogP contribution in [0.15, 0.2) is 0 Å². The zero-order valence-electron chi connectivity index (χ0n) is 10.2. The fourth-order valence-electron chi connectivity index (χ4n) is 2.07. The van der Waals surface area contributed by atoms with Crippen molar-refractivity contribution in [3.8, 4) is 0 Å². The van der Waals surface area contributed by atoms with Gasteiger partial charge in [0.25, 0.3) is 0 Å². The molecule has 0 saturated carbocycles. The highest BCUT2D eigenvalue weighted by molar-refractivity contribution is 5.68. The van der Waals surface area contributed by atoms with E-state index in [1.54, 1.807) is 4.90 Å². The molecule has 2 fully saturated rings. The second-order valence-corrected chi connectivity index (χ2v) is 5.36. The first-order chi connectivity index (χ1) is 7.46. The van der Waals surface area contributed by atoms with E-state index in [0.717, 1.165) is 13.2 Å². The van der Waals surface area contributed by atoms with Crippen LogP contribution in [-0.2, 0) is 9.47 Å². The number of hydrogen-bond acceptors (Lipinski definition) is 4. The lowest BCUT2D eigenvalue weighted by Gasteiger charge is -2.25. The van der Waals surface area contributed by atoms with E-state index >= 15 is 0 Å². The Hall–Kier alpha value is -0.810. The summed E-state index contributed by atoms with van der Waals surface area (Å²) in [5.74, 6) is 0. The van der Waals surface area contributed by atoms with E-state index < -0.39 is 5.60 Å². The zero-order valence-corrected chi connectivity index (χ0v) is 10.2. The Kier molecular flexibility index (Phi) is 3.08. The molecule has 16 heavy (non-hydrogen) atoms. The summed E-state index contributed by atoms with van der Waals surface area (Å²) in [6.07, 6.45) is -0.117. The number of rotatable bonds is 0. The maximum absolute atomic E-state index is 11.8. The van der Waals surface area contributed by atoms with Crippen LogP contribution in [0.4, 0.5) is 4.79 Å². The van der Waals surface area contributed by atoms with Gasteiger partial charge in [-0.2, -0.15) is 0 Å². The molecule has 1 unspecified atom stereocenters. The van der Waals surface area contributed by atoms with Gasteiger partial charge < -0.3 is 19.7 Å². The number of nitrogens with zero attached hydrogens (tertiary/aromatic N) is 1. The van der Waals surface area contributed by atoms with Gasteiger partial charge in [-0.05, 0) is 20.8 Å². The first kappa shape index (κ1) is 11.7. The molecule has 0 aliphatic carbocycles. The third-order valence-corrected chi connectivity index (χ3v) is 2.76. The van der Waals surface area contributed by atoms with Crippen LogP contribution in [0, 0.1) is 0 Å². The predicted molar refractivity (Wildman–Crippen MR) is 59.3 cm³/mol. The van der Waals surface area contributed by atoms with E-state index in [0.29, 0.717) is 13.1 Å². The SMILES string of the molecule is CC(C)(C)OC(=O)N1CC2NCCO[C@@H]2C1. The highest BCUT2D eigenvalue weighted by atomic mass is 16.6. The summed E-state index contributed by atoms with van der Waals surface area (Å²) in [6.45, 7) is 8.53. The lowest BCUT2D eigenvalue weighted by molar-refractivity contribution is 0.0104. The quantitative estimate of drug-likeness (QED) is 0.659. The molecule has 2 aliphatic heterocycles. The van der Waals surface area contributed by atoms with E-state index in [-0.39, 0.29) is 18.2 Å². The average molecular weight is 228 g/mol. The highest BCUT2D eigenvalue weighted by Crippen LogP contribution is 2.19. The van der Waals surface area contributed by atoms with Crippen LogP contribution in [0.25, 0.3) is 0 Å². The summed E-state index contributed by atoms with van der Waals surface area (Å²) >= 11 is 0. The molecule has 5 nitrogen and oxygen atoms in total. The van der Waals surface area contributed by atoms with E-state index in [1.807, 2.05) is 20.8 Å². The lowest BCUT2D eigenvalue weighted by Crippen LogP contribution is -2.47. The highest BCUT2D eigenvalue weighted by Gasteiger charge is 2.38. The van der Waals surface area contributed by atoms with Crippen LogP contribution < -0.4 is 5.32 Å². The largest absolute Gasteiger partial charge is 0.444 e. The summed E-state index contributed by atoms with van der Waals surface area (Å²) in [7, 11) is 0. The van der Waals surface area contributed by atoms with Crippen molar-refractivity contribution in [3.63, 3.8) is 0 Å². The molecule has 0 aromatic rings. The minimum absolute atomic E-state index is 0.126. The third kappa shape index (κ3) is 2.65. The number of amides is 1. The molecule has 2 heterocycles. The number of nitrogens with one attached hydrogen (secondary N) is 1. The third-order valence-electron chi connectivity index (χ3n) is 2.76. The van der Waals surface area contributed by atoms with Crippen molar-refractivity contribution in [3.05, 3.63) is 0 Å². The summed E-state index contributed by atoms with van der Waals surface area (Å²) in [5, 5.41) is 3.35. The second kappa shape index (κ2) is 4.22. The first-order valence-electron chi connectivity index (χ1n) is 5.78. The number of fused-ring (bicyclic) bond motifs is 1. The van der Waals surface area contributed by atoms with Gasteiger partial charge in [-0.15, -0.1) is 0 Å². The Morgan fingerprint density at radius 3 is 2.81 bits per heavy atom. The standard InChI is InChI=1S/C11H20N2O3/c1-11(2,3)16-10(14)13-6-8-9(7-13)15-5-4-12-8/h8-9,12H,4-7H2,1-3H3/t8?,9-/m1/s1. The van der Waals surface area contributed by atoms with Gasteiger partial charge in [-0.3, -0.25) is 0 Å². The average Bonchev–Trinajstić information content (AvgIpc) is 2.58. The van der Waals surface area contributed by atoms with Crippen LogP contribution in [-0.4, -0.2) is 55.0 Å². The van der Waals surface area contributed by atoms with Crippen molar-refractivity contribution >= 4 is 6.09 Å². The van der Waals surface area contributed by atoms with Gasteiger partial charge >= 0.3 is 6.09 Å². The molecule has 92 valence electrons. The van der Waals surface area contributed by atoms with Crippen molar-refractivity contribution < 1.29 is 14.3 Å². The molecule has 1 amide bonds. The Bertz CT molecular complexity index is 261. The molecule has 2 aliphatic rings. The smallest absolute Gasteiger partial charge is 0.410 e. The zero-order chi connectivity index (χ0) is 11.8. The molecule has 0 aromatic carbocycles. The van der Waals surface area contributed by atoms with E-state index in [9.17, 15) is 4.79 Å². The molecule has 2 rings (SSSR count). The summed E-state index contributed by atoms with van der Waals surface area (Å²) in [5.41, 5.74) is -0.431. The normalized spacial score (nSPS) is 30.1. The minimum atomic E-state index is -0.431. The minimum Gasteiger partial charge on any atom is -0.444 e. The van der Waals surface area contributed by atoms with E-state index in [1.165, 1.54) is 0 Å². The van der Waals surface area contributed by atoms with Gasteiger partial charge in [-0.1, -0.05) is 0 Å². The molecule has 0 aromatic heterocycles. The van der Waals surface area contributed by atoms with E-state index in [2.05, 4.69) is 5.32 Å². The van der Waals surface area contributed by atoms with Crippen molar-refractivity contribution in [1.29, 1.82) is 0 Å². The molecular weight excluding hydrogens is 208 g/mol. The van der Waals surface area contributed by atoms with Crippen LogP contribution >= 0.6 is 0 Å². The van der Waals surface area contributed by atoms with Gasteiger partial charge in [0.15, 0.2) is 0 Å². The van der Waals surface area contributed by atoms with Crippen molar-refractivity contribution in [1.82, 2.24) is 10.2 Å². The van der Waals surface area contributed by atoms with Crippen molar-refractivity contribution in [2.24, 2.45) is 0 Å². The predicted octanol–water partition coefficient (Wildman–Crippen LogP) is 0.594. The summed E-state index contributed by atoms with van der Waals surface area (Å²) < 4.78 is 10.9. The fourth-order valence-corrected chi connectivity index (χ4v) is 2.07. The fraction of sp³-hybridized carbons (Fsp3) is 0.909. The monoisotopic (exact) mass is 228 g/mol. The summed E-state index contributed by atoms with van der Waals surface area (Å²) in [4.78, 5) is 13.5. The lowest BCUT2D eigenvalue weighted by atomic mass is 10.2. The number of hydrogen-bond donors (Lipinski definition) is 1. The van der Waals surface area contributed by atoms with Gasteiger partial charge in [0.1, 0.15) is 5.60 Å². The maximum Gasteiger partial charge on any atom is 0.410 e. The Labute approximate surface area is 96.1 Å². The van der Waals surface area contributed by atoms with Crippen LogP contribution in [0.5, 0.6) is 0 Å². The number of likely N-dealkylation sites (tertiary alicyclic amines) is 1. The molecule has 0 radical (unpaired) electrons. The Balaban J connectivity index is 1.90. The number of morpholine rings is 1. The Morgan fingerprint density at radius 1 is 1.44 bits per heavy atom. The van der Waals surface area contributed by atoms with Gasteiger partial charge in [-0.25, -0.2) is 4.79 Å². The molecule has 0 bridgehead atoms. The van der Waals surface area contributed by atoms with Crippen LogP contribution in [0.3, 0.4) is 0 Å². The first-order valence-corrected chi connectivity index (χ1v) is 5.78. The molecule has 5 heteroatoms. The number of ether oxygens (including phenoxy) is 2. The van der Waals surface area contributed by atoms with Crippen molar-refractivity contribution in [2.75, 3.05) is 26.2 Å². The number of carbonyl (C=O) groups excluding carboxylic acids is 1. The number of carbonyl (C=O) groups is 1. The van der Waals surface area contributed by atoms with Crippen molar-refractivity contribution in [2.45, 2.75) is 38.5 Å². The summed E-state index contributed by atoms with van der Waals surface area (Å²) in [6, 6.07) is 0.265. The van der Waals surface area contributed by atoms with Gasteiger partial charge in [0.2, 0.25) is 0 Å². The molecule has 0 spiro atoms. The van der Waals surface area contributed by atoms with Gasteiger partial charge in [0, 0.05) is 13.1 Å².